The number of hydrogen-bond donors (Lipinski definition) is 1. The molecule has 1 aliphatic rings. The fourth-order valence-electron chi connectivity index (χ4n) is 1.60. The van der Waals surface area contributed by atoms with Gasteiger partial charge in [0.05, 0.1) is 5.69 Å². The van der Waals surface area contributed by atoms with Crippen molar-refractivity contribution >= 4 is 23.4 Å². The van der Waals surface area contributed by atoms with Crippen molar-refractivity contribution in [3.63, 3.8) is 0 Å². The van der Waals surface area contributed by atoms with E-state index in [-0.39, 0.29) is 10.6 Å². The van der Waals surface area contributed by atoms with Crippen LogP contribution in [0, 0.1) is 0 Å². The predicted molar refractivity (Wildman–Crippen MR) is 59.2 cm³/mol. The molecule has 0 aromatic carbocycles. The molecule has 1 aliphatic heterocycles. The first kappa shape index (κ1) is 10.1. The minimum Gasteiger partial charge on any atom is -0.266 e. The summed E-state index contributed by atoms with van der Waals surface area (Å²) in [6.07, 6.45) is 2.25. The molecule has 1 fully saturated rings. The molecule has 0 spiro atoms. The van der Waals surface area contributed by atoms with Crippen LogP contribution in [0.25, 0.3) is 0 Å². The molecular formula is C9H11ClN2OS. The maximum atomic E-state index is 11.0. The van der Waals surface area contributed by atoms with Crippen LogP contribution in [0.15, 0.2) is 10.9 Å². The zero-order valence-electron chi connectivity index (χ0n) is 7.62. The van der Waals surface area contributed by atoms with E-state index in [0.717, 1.165) is 18.5 Å². The zero-order valence-corrected chi connectivity index (χ0v) is 9.20. The number of nitrogens with zero attached hydrogens (tertiary/aromatic N) is 1. The summed E-state index contributed by atoms with van der Waals surface area (Å²) in [6, 6.07) is 1.70. The van der Waals surface area contributed by atoms with Crippen molar-refractivity contribution in [2.75, 3.05) is 11.5 Å². The Morgan fingerprint density at radius 3 is 2.86 bits per heavy atom. The van der Waals surface area contributed by atoms with Gasteiger partial charge in [-0.25, -0.2) is 5.10 Å². The molecule has 76 valence electrons. The lowest BCUT2D eigenvalue weighted by atomic mass is 9.99. The fraction of sp³-hybridized carbons (Fsp3) is 0.556. The van der Waals surface area contributed by atoms with Gasteiger partial charge in [-0.05, 0) is 30.4 Å². The van der Waals surface area contributed by atoms with Gasteiger partial charge in [-0.2, -0.15) is 16.9 Å². The van der Waals surface area contributed by atoms with Gasteiger partial charge < -0.3 is 0 Å². The van der Waals surface area contributed by atoms with Gasteiger partial charge in [-0.15, -0.1) is 0 Å². The number of thioether (sulfide) groups is 1. The van der Waals surface area contributed by atoms with Crippen LogP contribution in [0.4, 0.5) is 0 Å². The number of halogens is 1. The maximum Gasteiger partial charge on any atom is 0.282 e. The zero-order chi connectivity index (χ0) is 9.97. The summed E-state index contributed by atoms with van der Waals surface area (Å²) in [5, 5.41) is 6.70. The molecule has 1 aromatic heterocycles. The number of nitrogens with one attached hydrogen (secondary N) is 1. The highest BCUT2D eigenvalue weighted by Crippen LogP contribution is 2.30. The van der Waals surface area contributed by atoms with Crippen LogP contribution in [0.2, 0.25) is 5.02 Å². The Morgan fingerprint density at radius 2 is 2.21 bits per heavy atom. The first-order chi connectivity index (χ1) is 6.77. The van der Waals surface area contributed by atoms with Gasteiger partial charge in [-0.3, -0.25) is 4.79 Å². The monoisotopic (exact) mass is 230 g/mol. The lowest BCUT2D eigenvalue weighted by Crippen LogP contribution is -2.15. The second kappa shape index (κ2) is 4.36. The third kappa shape index (κ3) is 2.12. The Labute approximate surface area is 91.2 Å². The Hall–Kier alpha value is -0.480. The van der Waals surface area contributed by atoms with Crippen molar-refractivity contribution in [1.29, 1.82) is 0 Å². The summed E-state index contributed by atoms with van der Waals surface area (Å²) in [5.41, 5.74) is 0.621. The van der Waals surface area contributed by atoms with Crippen LogP contribution in [-0.4, -0.2) is 21.7 Å². The molecule has 2 heterocycles. The lowest BCUT2D eigenvalue weighted by molar-refractivity contribution is 0.607. The van der Waals surface area contributed by atoms with E-state index >= 15 is 0 Å². The van der Waals surface area contributed by atoms with Gasteiger partial charge in [0.1, 0.15) is 5.02 Å². The second-order valence-electron chi connectivity index (χ2n) is 3.36. The summed E-state index contributed by atoms with van der Waals surface area (Å²) in [6.45, 7) is 0. The third-order valence-corrected chi connectivity index (χ3v) is 3.75. The van der Waals surface area contributed by atoms with Crippen LogP contribution in [0.5, 0.6) is 0 Å². The largest absolute Gasteiger partial charge is 0.282 e. The Morgan fingerprint density at radius 1 is 1.50 bits per heavy atom. The number of H-pyrrole nitrogens is 1. The van der Waals surface area contributed by atoms with Crippen molar-refractivity contribution < 1.29 is 0 Å². The van der Waals surface area contributed by atoms with E-state index in [2.05, 4.69) is 10.2 Å². The van der Waals surface area contributed by atoms with Crippen LogP contribution in [0.3, 0.4) is 0 Å². The van der Waals surface area contributed by atoms with Gasteiger partial charge in [-0.1, -0.05) is 11.6 Å². The molecular weight excluding hydrogens is 220 g/mol. The van der Waals surface area contributed by atoms with Gasteiger partial charge in [0.2, 0.25) is 0 Å². The predicted octanol–water partition coefficient (Wildman–Crippen LogP) is 2.03. The number of aromatic amines is 1. The minimum absolute atomic E-state index is 0.244. The summed E-state index contributed by atoms with van der Waals surface area (Å²) >= 11 is 7.71. The summed E-state index contributed by atoms with van der Waals surface area (Å²) in [7, 11) is 0. The summed E-state index contributed by atoms with van der Waals surface area (Å²) in [5.74, 6) is 2.80. The fourth-order valence-corrected chi connectivity index (χ4v) is 2.86. The molecule has 0 saturated carbocycles. The van der Waals surface area contributed by atoms with Crippen LogP contribution in [-0.2, 0) is 0 Å². The Bertz CT molecular complexity index is 373. The molecule has 0 radical (unpaired) electrons. The number of aromatic nitrogens is 2. The van der Waals surface area contributed by atoms with Crippen molar-refractivity contribution in [1.82, 2.24) is 10.2 Å². The van der Waals surface area contributed by atoms with Crippen molar-refractivity contribution in [3.8, 4) is 0 Å². The van der Waals surface area contributed by atoms with Gasteiger partial charge in [0.25, 0.3) is 5.56 Å². The molecule has 0 aliphatic carbocycles. The third-order valence-electron chi connectivity index (χ3n) is 2.42. The molecule has 0 atom stereocenters. The highest BCUT2D eigenvalue weighted by molar-refractivity contribution is 7.99. The van der Waals surface area contributed by atoms with Crippen LogP contribution >= 0.6 is 23.4 Å². The van der Waals surface area contributed by atoms with Crippen molar-refractivity contribution in [2.45, 2.75) is 18.8 Å². The summed E-state index contributed by atoms with van der Waals surface area (Å²) in [4.78, 5) is 11.0. The molecule has 14 heavy (non-hydrogen) atoms. The second-order valence-corrected chi connectivity index (χ2v) is 4.99. The average molecular weight is 231 g/mol. The van der Waals surface area contributed by atoms with Gasteiger partial charge in [0.15, 0.2) is 0 Å². The number of hydrogen-bond acceptors (Lipinski definition) is 3. The van der Waals surface area contributed by atoms with Gasteiger partial charge >= 0.3 is 0 Å². The standard InChI is InChI=1S/C9H11ClN2OS/c10-7-5-8(11-12-9(7)13)6-1-3-14-4-2-6/h5-6H,1-4H2,(H,12,13). The van der Waals surface area contributed by atoms with E-state index in [1.54, 1.807) is 6.07 Å². The molecule has 0 unspecified atom stereocenters. The SMILES string of the molecule is O=c1[nH]nc(C2CCSCC2)cc1Cl. The molecule has 3 nitrogen and oxygen atoms in total. The minimum atomic E-state index is -0.305. The first-order valence-electron chi connectivity index (χ1n) is 4.60. The lowest BCUT2D eigenvalue weighted by Gasteiger charge is -2.20. The van der Waals surface area contributed by atoms with E-state index < -0.39 is 0 Å². The van der Waals surface area contributed by atoms with Crippen molar-refractivity contribution in [3.05, 3.63) is 27.1 Å². The van der Waals surface area contributed by atoms with E-state index in [9.17, 15) is 4.79 Å². The van der Waals surface area contributed by atoms with Crippen LogP contribution in [0.1, 0.15) is 24.5 Å². The molecule has 5 heteroatoms. The Kier molecular flexibility index (Phi) is 3.13. The molecule has 1 aromatic rings. The van der Waals surface area contributed by atoms with E-state index in [4.69, 9.17) is 11.6 Å². The maximum absolute atomic E-state index is 11.0. The topological polar surface area (TPSA) is 45.8 Å². The smallest absolute Gasteiger partial charge is 0.266 e. The van der Waals surface area contributed by atoms with E-state index in [1.807, 2.05) is 11.8 Å². The molecule has 0 bridgehead atoms. The molecule has 1 N–H and O–H groups in total. The van der Waals surface area contributed by atoms with E-state index in [1.165, 1.54) is 11.5 Å². The molecule has 1 saturated heterocycles. The van der Waals surface area contributed by atoms with Crippen LogP contribution < -0.4 is 5.56 Å². The first-order valence-corrected chi connectivity index (χ1v) is 6.13. The molecule has 0 amide bonds. The quantitative estimate of drug-likeness (QED) is 0.803. The average Bonchev–Trinajstić information content (AvgIpc) is 2.23. The number of rotatable bonds is 1. The highest BCUT2D eigenvalue weighted by Gasteiger charge is 2.17. The van der Waals surface area contributed by atoms with Gasteiger partial charge in [0, 0.05) is 5.92 Å². The Balaban J connectivity index is 2.22. The van der Waals surface area contributed by atoms with Crippen molar-refractivity contribution in [2.24, 2.45) is 0 Å². The summed E-state index contributed by atoms with van der Waals surface area (Å²) < 4.78 is 0. The molecule has 2 rings (SSSR count). The highest BCUT2D eigenvalue weighted by atomic mass is 35.5. The van der Waals surface area contributed by atoms with E-state index in [0.29, 0.717) is 5.92 Å². The normalized spacial score (nSPS) is 18.4.